The summed E-state index contributed by atoms with van der Waals surface area (Å²) in [4.78, 5) is 12.0. The molecule has 2 aromatic rings. The zero-order valence-electron chi connectivity index (χ0n) is 15.0. The highest BCUT2D eigenvalue weighted by molar-refractivity contribution is 7.92. The zero-order chi connectivity index (χ0) is 19.2. The van der Waals surface area contributed by atoms with Gasteiger partial charge in [-0.1, -0.05) is 35.4 Å². The third-order valence-corrected chi connectivity index (χ3v) is 5.75. The maximum Gasteiger partial charge on any atom is 0.264 e. The van der Waals surface area contributed by atoms with Gasteiger partial charge in [0.05, 0.1) is 17.2 Å². The van der Waals surface area contributed by atoms with Crippen molar-refractivity contribution in [1.29, 1.82) is 0 Å². The van der Waals surface area contributed by atoms with E-state index in [9.17, 15) is 13.2 Å². The van der Waals surface area contributed by atoms with Crippen LogP contribution in [0.25, 0.3) is 0 Å². The molecule has 7 heteroatoms. The molecule has 0 bridgehead atoms. The fourth-order valence-corrected chi connectivity index (χ4v) is 3.89. The summed E-state index contributed by atoms with van der Waals surface area (Å²) in [6, 6.07) is 13.7. The van der Waals surface area contributed by atoms with Gasteiger partial charge in [0.15, 0.2) is 0 Å². The number of nitrogens with zero attached hydrogens (tertiary/aromatic N) is 1. The number of hydrogen-bond donors (Lipinski definition) is 2. The van der Waals surface area contributed by atoms with Crippen LogP contribution in [0.5, 0.6) is 0 Å². The molecule has 0 atom stereocenters. The second kappa shape index (κ2) is 8.82. The Labute approximate surface area is 154 Å². The van der Waals surface area contributed by atoms with Crippen LogP contribution in [0, 0.1) is 13.8 Å². The Morgan fingerprint density at radius 1 is 1.00 bits per heavy atom. The molecule has 2 rings (SSSR count). The number of hydrogen-bond acceptors (Lipinski definition) is 4. The largest absolute Gasteiger partial charge is 0.395 e. The molecule has 0 unspecified atom stereocenters. The van der Waals surface area contributed by atoms with Crippen molar-refractivity contribution >= 4 is 21.6 Å². The van der Waals surface area contributed by atoms with E-state index >= 15 is 0 Å². The zero-order valence-corrected chi connectivity index (χ0v) is 15.8. The van der Waals surface area contributed by atoms with Gasteiger partial charge in [0.25, 0.3) is 10.0 Å². The topological polar surface area (TPSA) is 86.7 Å². The Bertz CT molecular complexity index is 831. The van der Waals surface area contributed by atoms with Gasteiger partial charge < -0.3 is 10.4 Å². The molecular formula is C19H24N2O4S. The Kier molecular flexibility index (Phi) is 6.76. The summed E-state index contributed by atoms with van der Waals surface area (Å²) in [5, 5.41) is 11.3. The van der Waals surface area contributed by atoms with Gasteiger partial charge >= 0.3 is 0 Å². The molecule has 6 nitrogen and oxygen atoms in total. The van der Waals surface area contributed by atoms with Crippen molar-refractivity contribution in [2.75, 3.05) is 24.0 Å². The monoisotopic (exact) mass is 376 g/mol. The maximum atomic E-state index is 13.1. The van der Waals surface area contributed by atoms with E-state index in [0.29, 0.717) is 5.69 Å². The molecule has 26 heavy (non-hydrogen) atoms. The fourth-order valence-electron chi connectivity index (χ4n) is 2.42. The molecule has 0 aromatic heterocycles. The molecule has 0 saturated heterocycles. The van der Waals surface area contributed by atoms with E-state index in [1.54, 1.807) is 36.4 Å². The van der Waals surface area contributed by atoms with Crippen LogP contribution < -0.4 is 9.62 Å². The van der Waals surface area contributed by atoms with Gasteiger partial charge in [0.1, 0.15) is 0 Å². The highest BCUT2D eigenvalue weighted by atomic mass is 32.2. The predicted octanol–water partition coefficient (Wildman–Crippen LogP) is 2.00. The molecule has 0 aliphatic heterocycles. The van der Waals surface area contributed by atoms with E-state index in [4.69, 9.17) is 5.11 Å². The number of carbonyl (C=O) groups excluding carboxylic acids is 1. The van der Waals surface area contributed by atoms with Crippen LogP contribution in [0.1, 0.15) is 17.5 Å². The van der Waals surface area contributed by atoms with Crippen LogP contribution in [0.2, 0.25) is 0 Å². The highest BCUT2D eigenvalue weighted by Crippen LogP contribution is 2.24. The molecule has 2 aromatic carbocycles. The second-order valence-electron chi connectivity index (χ2n) is 6.05. The van der Waals surface area contributed by atoms with Gasteiger partial charge in [0.2, 0.25) is 5.91 Å². The molecule has 140 valence electrons. The van der Waals surface area contributed by atoms with E-state index in [1.165, 1.54) is 4.31 Å². The molecule has 2 N–H and O–H groups in total. The van der Waals surface area contributed by atoms with E-state index in [-0.39, 0.29) is 36.9 Å². The van der Waals surface area contributed by atoms with Crippen LogP contribution in [0.3, 0.4) is 0 Å². The summed E-state index contributed by atoms with van der Waals surface area (Å²) < 4.78 is 27.5. The van der Waals surface area contributed by atoms with E-state index < -0.39 is 10.0 Å². The number of sulfonamides is 1. The van der Waals surface area contributed by atoms with Gasteiger partial charge in [-0.3, -0.25) is 9.10 Å². The first-order valence-electron chi connectivity index (χ1n) is 8.38. The summed E-state index contributed by atoms with van der Waals surface area (Å²) in [6.45, 7) is 3.81. The van der Waals surface area contributed by atoms with Gasteiger partial charge in [-0.25, -0.2) is 8.42 Å². The number of aryl methyl sites for hydroxylation is 2. The van der Waals surface area contributed by atoms with Crippen molar-refractivity contribution in [3.63, 3.8) is 0 Å². The number of rotatable bonds is 8. The number of aliphatic hydroxyl groups is 1. The Morgan fingerprint density at radius 2 is 1.54 bits per heavy atom. The van der Waals surface area contributed by atoms with E-state index in [0.717, 1.165) is 11.1 Å². The summed E-state index contributed by atoms with van der Waals surface area (Å²) in [7, 11) is -3.80. The minimum Gasteiger partial charge on any atom is -0.395 e. The summed E-state index contributed by atoms with van der Waals surface area (Å²) in [5.74, 6) is -0.310. The van der Waals surface area contributed by atoms with Crippen molar-refractivity contribution in [1.82, 2.24) is 5.32 Å². The molecule has 1 amide bonds. The Morgan fingerprint density at radius 3 is 2.08 bits per heavy atom. The van der Waals surface area contributed by atoms with Crippen molar-refractivity contribution < 1.29 is 18.3 Å². The first kappa shape index (κ1) is 19.9. The van der Waals surface area contributed by atoms with Crippen molar-refractivity contribution in [3.05, 3.63) is 59.7 Å². The number of nitrogens with one attached hydrogen (secondary N) is 1. The van der Waals surface area contributed by atoms with Gasteiger partial charge in [0, 0.05) is 19.5 Å². The van der Waals surface area contributed by atoms with E-state index in [1.807, 2.05) is 26.0 Å². The first-order valence-corrected chi connectivity index (χ1v) is 9.82. The molecule has 0 spiro atoms. The third kappa shape index (κ3) is 5.06. The molecule has 0 radical (unpaired) electrons. The summed E-state index contributed by atoms with van der Waals surface area (Å²) in [6.07, 6.45) is -0.00102. The minimum atomic E-state index is -3.80. The smallest absolute Gasteiger partial charge is 0.264 e. The Hall–Kier alpha value is -2.38. The average molecular weight is 376 g/mol. The lowest BCUT2D eigenvalue weighted by Gasteiger charge is -2.24. The van der Waals surface area contributed by atoms with Crippen LogP contribution in [-0.4, -0.2) is 39.1 Å². The number of amides is 1. The molecular weight excluding hydrogens is 352 g/mol. The third-order valence-electron chi connectivity index (χ3n) is 3.91. The normalized spacial score (nSPS) is 11.2. The van der Waals surface area contributed by atoms with E-state index in [2.05, 4.69) is 5.32 Å². The number of aliphatic hydroxyl groups excluding tert-OH is 1. The molecule has 0 aliphatic carbocycles. The van der Waals surface area contributed by atoms with Crippen molar-refractivity contribution in [2.24, 2.45) is 0 Å². The molecule has 0 saturated carbocycles. The fraction of sp³-hybridized carbons (Fsp3) is 0.316. The SMILES string of the molecule is Cc1ccc(N(CCC(=O)NCCO)S(=O)(=O)c2ccc(C)cc2)cc1. The lowest BCUT2D eigenvalue weighted by atomic mass is 10.2. The van der Waals surface area contributed by atoms with Gasteiger partial charge in [-0.2, -0.15) is 0 Å². The first-order chi connectivity index (χ1) is 12.3. The van der Waals surface area contributed by atoms with Crippen molar-refractivity contribution in [2.45, 2.75) is 25.2 Å². The summed E-state index contributed by atoms with van der Waals surface area (Å²) >= 11 is 0. The number of anilines is 1. The van der Waals surface area contributed by atoms with Gasteiger partial charge in [-0.15, -0.1) is 0 Å². The van der Waals surface area contributed by atoms with Crippen LogP contribution >= 0.6 is 0 Å². The highest BCUT2D eigenvalue weighted by Gasteiger charge is 2.25. The maximum absolute atomic E-state index is 13.1. The van der Waals surface area contributed by atoms with Crippen LogP contribution in [0.4, 0.5) is 5.69 Å². The van der Waals surface area contributed by atoms with Crippen LogP contribution in [-0.2, 0) is 14.8 Å². The standard InChI is InChI=1S/C19H24N2O4S/c1-15-3-7-17(8-4-15)21(13-11-19(23)20-12-14-22)26(24,25)18-9-5-16(2)6-10-18/h3-10,22H,11-14H2,1-2H3,(H,20,23). The molecule has 0 fully saturated rings. The lowest BCUT2D eigenvalue weighted by molar-refractivity contribution is -0.121. The quantitative estimate of drug-likeness (QED) is 0.738. The number of carbonyl (C=O) groups is 1. The number of benzene rings is 2. The second-order valence-corrected chi connectivity index (χ2v) is 7.91. The average Bonchev–Trinajstić information content (AvgIpc) is 2.61. The van der Waals surface area contributed by atoms with Crippen LogP contribution in [0.15, 0.2) is 53.4 Å². The summed E-state index contributed by atoms with van der Waals surface area (Å²) in [5.41, 5.74) is 2.49. The molecule has 0 aliphatic rings. The minimum absolute atomic E-state index is 0.00102. The lowest BCUT2D eigenvalue weighted by Crippen LogP contribution is -2.36. The predicted molar refractivity (Wildman–Crippen MR) is 102 cm³/mol. The van der Waals surface area contributed by atoms with Gasteiger partial charge in [-0.05, 0) is 38.1 Å². The Balaban J connectivity index is 2.31. The molecule has 0 heterocycles. The van der Waals surface area contributed by atoms with Crippen molar-refractivity contribution in [3.8, 4) is 0 Å².